The van der Waals surface area contributed by atoms with Crippen LogP contribution in [0, 0.1) is 0 Å². The summed E-state index contributed by atoms with van der Waals surface area (Å²) < 4.78 is 2.86. The van der Waals surface area contributed by atoms with Gasteiger partial charge in [0.05, 0.1) is 11.4 Å². The summed E-state index contributed by atoms with van der Waals surface area (Å²) >= 11 is 0. The number of carbonyl (C=O) groups excluding carboxylic acids is 1. The number of aromatic nitrogens is 4. The second-order valence-electron chi connectivity index (χ2n) is 6.13. The van der Waals surface area contributed by atoms with Crippen LogP contribution in [0.25, 0.3) is 16.9 Å². The summed E-state index contributed by atoms with van der Waals surface area (Å²) in [5.41, 5.74) is 2.62. The summed E-state index contributed by atoms with van der Waals surface area (Å²) in [7, 11) is 0. The number of hydrogen-bond acceptors (Lipinski definition) is 4. The second kappa shape index (κ2) is 7.71. The largest absolute Gasteiger partial charge is 0.324 e. The van der Waals surface area contributed by atoms with E-state index in [2.05, 4.69) is 15.5 Å². The fourth-order valence-electron chi connectivity index (χ4n) is 2.81. The lowest BCUT2D eigenvalue weighted by atomic mass is 10.1. The van der Waals surface area contributed by atoms with Crippen LogP contribution in [0.4, 0.5) is 5.69 Å². The van der Waals surface area contributed by atoms with Gasteiger partial charge in [0.1, 0.15) is 6.54 Å². The Hall–Kier alpha value is -4.00. The Morgan fingerprint density at radius 3 is 2.61 bits per heavy atom. The topological polar surface area (TPSA) is 81.8 Å². The summed E-state index contributed by atoms with van der Waals surface area (Å²) in [5, 5.41) is 11.3. The quantitative estimate of drug-likeness (QED) is 0.585. The maximum absolute atomic E-state index is 12.4. The summed E-state index contributed by atoms with van der Waals surface area (Å²) in [5.74, 6) is -0.336. The molecule has 28 heavy (non-hydrogen) atoms. The number of hydrogen-bond donors (Lipinski definition) is 1. The first-order valence-corrected chi connectivity index (χ1v) is 8.72. The van der Waals surface area contributed by atoms with E-state index in [9.17, 15) is 9.59 Å². The lowest BCUT2D eigenvalue weighted by molar-refractivity contribution is -0.117. The first kappa shape index (κ1) is 17.4. The molecule has 0 saturated carbocycles. The number of carbonyl (C=O) groups is 1. The van der Waals surface area contributed by atoms with Crippen LogP contribution < -0.4 is 10.9 Å². The van der Waals surface area contributed by atoms with Gasteiger partial charge in [0.15, 0.2) is 0 Å². The Kier molecular flexibility index (Phi) is 4.79. The molecule has 2 aromatic heterocycles. The van der Waals surface area contributed by atoms with E-state index in [-0.39, 0.29) is 18.0 Å². The zero-order valence-electron chi connectivity index (χ0n) is 14.9. The Balaban J connectivity index is 1.51. The minimum atomic E-state index is -0.336. The second-order valence-corrected chi connectivity index (χ2v) is 6.13. The third kappa shape index (κ3) is 3.88. The van der Waals surface area contributed by atoms with Gasteiger partial charge in [0, 0.05) is 29.7 Å². The van der Waals surface area contributed by atoms with E-state index in [0.717, 1.165) is 15.9 Å². The number of nitrogens with zero attached hydrogens (tertiary/aromatic N) is 4. The van der Waals surface area contributed by atoms with Gasteiger partial charge in [0.2, 0.25) is 5.91 Å². The first-order valence-electron chi connectivity index (χ1n) is 8.72. The molecule has 1 amide bonds. The summed E-state index contributed by atoms with van der Waals surface area (Å²) in [6.45, 7) is -0.175. The lowest BCUT2D eigenvalue weighted by Gasteiger charge is -2.09. The Bertz CT molecular complexity index is 1150. The van der Waals surface area contributed by atoms with Crippen LogP contribution >= 0.6 is 0 Å². The van der Waals surface area contributed by atoms with E-state index in [0.29, 0.717) is 11.4 Å². The SMILES string of the molecule is O=C(Cn1nc(-c2ccccc2)ccc1=O)Nc1cccc(-n2cccn2)c1. The molecule has 7 nitrogen and oxygen atoms in total. The number of benzene rings is 2. The van der Waals surface area contributed by atoms with Crippen molar-refractivity contribution in [1.82, 2.24) is 19.6 Å². The van der Waals surface area contributed by atoms with E-state index >= 15 is 0 Å². The van der Waals surface area contributed by atoms with E-state index in [1.807, 2.05) is 60.8 Å². The van der Waals surface area contributed by atoms with Crippen LogP contribution in [0.15, 0.2) is 90.0 Å². The molecule has 0 aliphatic carbocycles. The molecule has 7 heteroatoms. The highest BCUT2D eigenvalue weighted by molar-refractivity contribution is 5.90. The minimum Gasteiger partial charge on any atom is -0.324 e. The van der Waals surface area contributed by atoms with Crippen molar-refractivity contribution >= 4 is 11.6 Å². The zero-order valence-corrected chi connectivity index (χ0v) is 14.9. The molecule has 4 aromatic rings. The van der Waals surface area contributed by atoms with Gasteiger partial charge < -0.3 is 5.32 Å². The van der Waals surface area contributed by atoms with Crippen LogP contribution in [0.1, 0.15) is 0 Å². The van der Waals surface area contributed by atoms with E-state index in [1.54, 1.807) is 23.0 Å². The van der Waals surface area contributed by atoms with Crippen molar-refractivity contribution in [2.75, 3.05) is 5.32 Å². The van der Waals surface area contributed by atoms with Gasteiger partial charge in [-0.3, -0.25) is 9.59 Å². The van der Waals surface area contributed by atoms with Crippen LogP contribution in [-0.2, 0) is 11.3 Å². The van der Waals surface area contributed by atoms with Crippen molar-refractivity contribution in [3.63, 3.8) is 0 Å². The van der Waals surface area contributed by atoms with Gasteiger partial charge in [0.25, 0.3) is 5.56 Å². The van der Waals surface area contributed by atoms with Crippen molar-refractivity contribution in [3.8, 4) is 16.9 Å². The highest BCUT2D eigenvalue weighted by atomic mass is 16.2. The van der Waals surface area contributed by atoms with Crippen LogP contribution in [-0.4, -0.2) is 25.5 Å². The van der Waals surface area contributed by atoms with Crippen molar-refractivity contribution in [1.29, 1.82) is 0 Å². The molecular weight excluding hydrogens is 354 g/mol. The molecule has 4 rings (SSSR count). The Morgan fingerprint density at radius 2 is 1.82 bits per heavy atom. The monoisotopic (exact) mass is 371 g/mol. The predicted octanol–water partition coefficient (Wildman–Crippen LogP) is 2.73. The van der Waals surface area contributed by atoms with Crippen molar-refractivity contribution in [3.05, 3.63) is 95.5 Å². The molecule has 2 aromatic carbocycles. The maximum Gasteiger partial charge on any atom is 0.267 e. The zero-order chi connectivity index (χ0) is 19.3. The van der Waals surface area contributed by atoms with Crippen LogP contribution in [0.2, 0.25) is 0 Å². The summed E-state index contributed by atoms with van der Waals surface area (Å²) in [6.07, 6.45) is 3.50. The summed E-state index contributed by atoms with van der Waals surface area (Å²) in [6, 6.07) is 21.7. The van der Waals surface area contributed by atoms with E-state index in [1.165, 1.54) is 6.07 Å². The summed E-state index contributed by atoms with van der Waals surface area (Å²) in [4.78, 5) is 24.6. The molecular formula is C21H17N5O2. The van der Waals surface area contributed by atoms with Crippen molar-refractivity contribution < 1.29 is 4.79 Å². The molecule has 0 saturated heterocycles. The minimum absolute atomic E-state index is 0.175. The van der Waals surface area contributed by atoms with Gasteiger partial charge in [-0.05, 0) is 30.3 Å². The van der Waals surface area contributed by atoms with Gasteiger partial charge in [-0.1, -0.05) is 36.4 Å². The highest BCUT2D eigenvalue weighted by Crippen LogP contribution is 2.15. The van der Waals surface area contributed by atoms with Crippen LogP contribution in [0.3, 0.4) is 0 Å². The fraction of sp³-hybridized carbons (Fsp3) is 0.0476. The molecule has 0 spiro atoms. The molecule has 2 heterocycles. The van der Waals surface area contributed by atoms with Crippen molar-refractivity contribution in [2.45, 2.75) is 6.54 Å². The molecule has 0 bridgehead atoms. The molecule has 1 N–H and O–H groups in total. The van der Waals surface area contributed by atoms with Gasteiger partial charge >= 0.3 is 0 Å². The number of nitrogens with one attached hydrogen (secondary N) is 1. The molecule has 0 aliphatic heterocycles. The molecule has 0 aliphatic rings. The average Bonchev–Trinajstić information content (AvgIpc) is 3.25. The lowest BCUT2D eigenvalue weighted by Crippen LogP contribution is -2.29. The molecule has 0 unspecified atom stereocenters. The van der Waals surface area contributed by atoms with Gasteiger partial charge in [-0.15, -0.1) is 0 Å². The molecule has 0 atom stereocenters. The third-order valence-corrected chi connectivity index (χ3v) is 4.13. The standard InChI is InChI=1S/C21H17N5O2/c27-20(23-17-8-4-9-18(14-17)25-13-5-12-22-25)15-26-21(28)11-10-19(24-26)16-6-2-1-3-7-16/h1-14H,15H2,(H,23,27). The first-order chi connectivity index (χ1) is 13.7. The fourth-order valence-corrected chi connectivity index (χ4v) is 2.81. The smallest absolute Gasteiger partial charge is 0.267 e. The molecule has 138 valence electrons. The number of amides is 1. The van der Waals surface area contributed by atoms with E-state index < -0.39 is 0 Å². The van der Waals surface area contributed by atoms with Crippen LogP contribution in [0.5, 0.6) is 0 Å². The highest BCUT2D eigenvalue weighted by Gasteiger charge is 2.09. The van der Waals surface area contributed by atoms with Crippen molar-refractivity contribution in [2.24, 2.45) is 0 Å². The third-order valence-electron chi connectivity index (χ3n) is 4.13. The molecule has 0 fully saturated rings. The number of anilines is 1. The van der Waals surface area contributed by atoms with E-state index in [4.69, 9.17) is 0 Å². The Morgan fingerprint density at radius 1 is 0.964 bits per heavy atom. The van der Waals surface area contributed by atoms with Gasteiger partial charge in [-0.25, -0.2) is 9.36 Å². The average molecular weight is 371 g/mol. The normalized spacial score (nSPS) is 10.6. The Labute approximate surface area is 160 Å². The van der Waals surface area contributed by atoms with Gasteiger partial charge in [-0.2, -0.15) is 10.2 Å². The number of rotatable bonds is 5. The maximum atomic E-state index is 12.4. The molecule has 0 radical (unpaired) electrons. The predicted molar refractivity (Wildman–Crippen MR) is 106 cm³/mol.